The summed E-state index contributed by atoms with van der Waals surface area (Å²) in [5, 5.41) is 8.60. The molecule has 7 heteroatoms. The van der Waals surface area contributed by atoms with Gasteiger partial charge in [0, 0.05) is 37.9 Å². The second-order valence-electron chi connectivity index (χ2n) is 4.59. The molecular formula is C13H17F3N4. The minimum Gasteiger partial charge on any atom is -0.326 e. The molecule has 0 spiro atoms. The van der Waals surface area contributed by atoms with Gasteiger partial charge in [-0.05, 0) is 18.6 Å². The van der Waals surface area contributed by atoms with Gasteiger partial charge in [0.25, 0.3) is 0 Å². The second kappa shape index (κ2) is 7.22. The Bertz CT molecular complexity index is 439. The maximum absolute atomic E-state index is 13.1. The van der Waals surface area contributed by atoms with Crippen molar-refractivity contribution in [3.8, 4) is 6.07 Å². The predicted octanol–water partition coefficient (Wildman–Crippen LogP) is 2.08. The monoisotopic (exact) mass is 286 g/mol. The van der Waals surface area contributed by atoms with Crippen LogP contribution in [0.4, 0.5) is 13.2 Å². The van der Waals surface area contributed by atoms with E-state index in [1.165, 1.54) is 18.0 Å². The van der Waals surface area contributed by atoms with E-state index in [2.05, 4.69) is 4.98 Å². The lowest BCUT2D eigenvalue weighted by atomic mass is 10.1. The lowest BCUT2D eigenvalue weighted by Gasteiger charge is -2.35. The third kappa shape index (κ3) is 4.79. The molecule has 0 aromatic carbocycles. The van der Waals surface area contributed by atoms with Crippen molar-refractivity contribution in [3.63, 3.8) is 0 Å². The summed E-state index contributed by atoms with van der Waals surface area (Å²) < 4.78 is 39.4. The lowest BCUT2D eigenvalue weighted by molar-refractivity contribution is -0.189. The molecule has 2 atom stereocenters. The van der Waals surface area contributed by atoms with Gasteiger partial charge < -0.3 is 5.73 Å². The van der Waals surface area contributed by atoms with E-state index < -0.39 is 18.3 Å². The smallest absolute Gasteiger partial charge is 0.326 e. The van der Waals surface area contributed by atoms with Crippen LogP contribution in [0.15, 0.2) is 24.5 Å². The van der Waals surface area contributed by atoms with Crippen LogP contribution in [0.25, 0.3) is 0 Å². The predicted molar refractivity (Wildman–Crippen MR) is 68.4 cm³/mol. The molecule has 1 aromatic heterocycles. The highest BCUT2D eigenvalue weighted by atomic mass is 19.4. The van der Waals surface area contributed by atoms with Crippen LogP contribution in [0.5, 0.6) is 0 Å². The topological polar surface area (TPSA) is 65.9 Å². The first kappa shape index (κ1) is 16.4. The Kier molecular flexibility index (Phi) is 5.92. The minimum atomic E-state index is -4.44. The van der Waals surface area contributed by atoms with Gasteiger partial charge in [-0.25, -0.2) is 0 Å². The van der Waals surface area contributed by atoms with E-state index in [0.717, 1.165) is 0 Å². The summed E-state index contributed by atoms with van der Waals surface area (Å²) in [4.78, 5) is 5.07. The number of nitrogens with zero attached hydrogens (tertiary/aromatic N) is 3. The Morgan fingerprint density at radius 2 is 2.20 bits per heavy atom. The Hall–Kier alpha value is -1.65. The maximum Gasteiger partial charge on any atom is 0.405 e. The summed E-state index contributed by atoms with van der Waals surface area (Å²) in [7, 11) is 0. The van der Waals surface area contributed by atoms with Gasteiger partial charge in [-0.3, -0.25) is 9.88 Å². The zero-order chi connectivity index (χ0) is 15.2. The molecule has 0 radical (unpaired) electrons. The van der Waals surface area contributed by atoms with Crippen LogP contribution in [-0.2, 0) is 6.54 Å². The molecule has 1 heterocycles. The van der Waals surface area contributed by atoms with E-state index in [-0.39, 0.29) is 19.5 Å². The van der Waals surface area contributed by atoms with Crippen molar-refractivity contribution in [2.45, 2.75) is 38.1 Å². The molecule has 1 aromatic rings. The number of hydrogen-bond acceptors (Lipinski definition) is 4. The first-order chi connectivity index (χ1) is 9.36. The molecule has 1 rings (SSSR count). The summed E-state index contributed by atoms with van der Waals surface area (Å²) in [6.07, 6.45) is -1.37. The highest BCUT2D eigenvalue weighted by Crippen LogP contribution is 2.28. The van der Waals surface area contributed by atoms with Crippen molar-refractivity contribution in [2.24, 2.45) is 5.73 Å². The average molecular weight is 286 g/mol. The van der Waals surface area contributed by atoms with Gasteiger partial charge in [-0.1, -0.05) is 6.07 Å². The number of alkyl halides is 3. The van der Waals surface area contributed by atoms with E-state index in [9.17, 15) is 13.2 Å². The standard InChI is InChI=1S/C13H17F3N4/c1-10(18)12(13(14,15)16)20(7-3-5-17)9-11-4-2-6-19-8-11/h2,4,6,8,10,12H,3,7,9,18H2,1H3. The molecule has 0 bridgehead atoms. The van der Waals surface area contributed by atoms with Crippen LogP contribution in [0.3, 0.4) is 0 Å². The molecule has 2 N–H and O–H groups in total. The summed E-state index contributed by atoms with van der Waals surface area (Å²) in [6, 6.07) is 2.36. The number of pyridine rings is 1. The van der Waals surface area contributed by atoms with Gasteiger partial charge in [-0.15, -0.1) is 0 Å². The van der Waals surface area contributed by atoms with Crippen LogP contribution in [0, 0.1) is 11.3 Å². The van der Waals surface area contributed by atoms with Crippen molar-refractivity contribution < 1.29 is 13.2 Å². The number of rotatable bonds is 6. The molecule has 0 saturated carbocycles. The summed E-state index contributed by atoms with van der Waals surface area (Å²) >= 11 is 0. The van der Waals surface area contributed by atoms with E-state index in [1.54, 1.807) is 18.3 Å². The highest BCUT2D eigenvalue weighted by Gasteiger charge is 2.45. The third-order valence-corrected chi connectivity index (χ3v) is 2.85. The van der Waals surface area contributed by atoms with Crippen molar-refractivity contribution in [1.82, 2.24) is 9.88 Å². The van der Waals surface area contributed by atoms with Gasteiger partial charge in [0.2, 0.25) is 0 Å². The summed E-state index contributed by atoms with van der Waals surface area (Å²) in [5.74, 6) is 0. The fourth-order valence-corrected chi connectivity index (χ4v) is 2.07. The summed E-state index contributed by atoms with van der Waals surface area (Å²) in [5.41, 5.74) is 6.14. The minimum absolute atomic E-state index is 0.0110. The normalized spacial score (nSPS) is 14.8. The first-order valence-corrected chi connectivity index (χ1v) is 6.18. The third-order valence-electron chi connectivity index (χ3n) is 2.85. The Morgan fingerprint density at radius 3 is 2.65 bits per heavy atom. The van der Waals surface area contributed by atoms with Gasteiger partial charge in [0.1, 0.15) is 6.04 Å². The first-order valence-electron chi connectivity index (χ1n) is 6.18. The Morgan fingerprint density at radius 1 is 1.50 bits per heavy atom. The van der Waals surface area contributed by atoms with E-state index in [0.29, 0.717) is 5.56 Å². The number of nitriles is 1. The fraction of sp³-hybridized carbons (Fsp3) is 0.538. The molecular weight excluding hydrogens is 269 g/mol. The molecule has 0 saturated heterocycles. The molecule has 110 valence electrons. The molecule has 0 aliphatic carbocycles. The zero-order valence-electron chi connectivity index (χ0n) is 11.1. The van der Waals surface area contributed by atoms with Crippen LogP contribution in [0.2, 0.25) is 0 Å². The molecule has 0 fully saturated rings. The van der Waals surface area contributed by atoms with E-state index in [4.69, 9.17) is 11.0 Å². The largest absolute Gasteiger partial charge is 0.405 e. The van der Waals surface area contributed by atoms with Crippen LogP contribution >= 0.6 is 0 Å². The molecule has 0 aliphatic rings. The average Bonchev–Trinajstić information content (AvgIpc) is 2.35. The molecule has 0 aliphatic heterocycles. The van der Waals surface area contributed by atoms with Crippen LogP contribution in [-0.4, -0.2) is 34.7 Å². The second-order valence-corrected chi connectivity index (χ2v) is 4.59. The lowest BCUT2D eigenvalue weighted by Crippen LogP contribution is -2.54. The summed E-state index contributed by atoms with van der Waals surface area (Å²) in [6.45, 7) is 1.39. The van der Waals surface area contributed by atoms with Crippen molar-refractivity contribution in [1.29, 1.82) is 5.26 Å². The van der Waals surface area contributed by atoms with Gasteiger partial charge in [-0.2, -0.15) is 18.4 Å². The maximum atomic E-state index is 13.1. The quantitative estimate of drug-likeness (QED) is 0.869. The van der Waals surface area contributed by atoms with Crippen molar-refractivity contribution >= 4 is 0 Å². The van der Waals surface area contributed by atoms with E-state index >= 15 is 0 Å². The fourth-order valence-electron chi connectivity index (χ4n) is 2.07. The number of aromatic nitrogens is 1. The van der Waals surface area contributed by atoms with Gasteiger partial charge in [0.15, 0.2) is 0 Å². The van der Waals surface area contributed by atoms with Gasteiger partial charge in [0.05, 0.1) is 6.07 Å². The molecule has 0 amide bonds. The highest BCUT2D eigenvalue weighted by molar-refractivity contribution is 5.09. The van der Waals surface area contributed by atoms with E-state index in [1.807, 2.05) is 6.07 Å². The Balaban J connectivity index is 2.95. The Labute approximate surface area is 116 Å². The zero-order valence-corrected chi connectivity index (χ0v) is 11.1. The number of hydrogen-bond donors (Lipinski definition) is 1. The van der Waals surface area contributed by atoms with Crippen LogP contribution < -0.4 is 5.73 Å². The molecule has 20 heavy (non-hydrogen) atoms. The SMILES string of the molecule is CC(N)C(N(CCC#N)Cc1cccnc1)C(F)(F)F. The molecule has 4 nitrogen and oxygen atoms in total. The van der Waals surface area contributed by atoms with Crippen molar-refractivity contribution in [3.05, 3.63) is 30.1 Å². The van der Waals surface area contributed by atoms with Crippen molar-refractivity contribution in [2.75, 3.05) is 6.54 Å². The number of halogens is 3. The molecule has 2 unspecified atom stereocenters. The van der Waals surface area contributed by atoms with Gasteiger partial charge >= 0.3 is 6.18 Å². The number of nitrogens with two attached hydrogens (primary N) is 1. The van der Waals surface area contributed by atoms with Crippen LogP contribution in [0.1, 0.15) is 18.9 Å².